The SMILES string of the molecule is Cc1ccc(CNc2c(Cl)cc(Br)cc2Cl)c(Cl)c1. The molecule has 0 amide bonds. The monoisotopic (exact) mass is 377 g/mol. The lowest BCUT2D eigenvalue weighted by Gasteiger charge is -2.12. The van der Waals surface area contributed by atoms with Crippen LogP contribution < -0.4 is 5.32 Å². The van der Waals surface area contributed by atoms with E-state index in [0.29, 0.717) is 22.3 Å². The molecule has 100 valence electrons. The van der Waals surface area contributed by atoms with Gasteiger partial charge >= 0.3 is 0 Å². The van der Waals surface area contributed by atoms with Crippen LogP contribution in [-0.2, 0) is 6.54 Å². The van der Waals surface area contributed by atoms with Gasteiger partial charge in [-0.2, -0.15) is 0 Å². The molecule has 0 saturated carbocycles. The zero-order valence-electron chi connectivity index (χ0n) is 10.1. The van der Waals surface area contributed by atoms with E-state index in [1.807, 2.05) is 25.1 Å². The van der Waals surface area contributed by atoms with Gasteiger partial charge in [0, 0.05) is 16.0 Å². The normalized spacial score (nSPS) is 10.6. The Labute approximate surface area is 136 Å². The highest BCUT2D eigenvalue weighted by Crippen LogP contribution is 2.34. The number of hydrogen-bond acceptors (Lipinski definition) is 1. The molecule has 0 aromatic heterocycles. The lowest BCUT2D eigenvalue weighted by molar-refractivity contribution is 1.14. The first-order valence-corrected chi connectivity index (χ1v) is 7.53. The van der Waals surface area contributed by atoms with E-state index in [9.17, 15) is 0 Å². The number of anilines is 1. The number of hydrogen-bond donors (Lipinski definition) is 1. The minimum Gasteiger partial charge on any atom is -0.378 e. The molecule has 2 aromatic rings. The number of nitrogens with one attached hydrogen (secondary N) is 1. The van der Waals surface area contributed by atoms with E-state index < -0.39 is 0 Å². The molecule has 0 aliphatic rings. The van der Waals surface area contributed by atoms with Crippen LogP contribution in [-0.4, -0.2) is 0 Å². The largest absolute Gasteiger partial charge is 0.378 e. The Morgan fingerprint density at radius 3 is 2.21 bits per heavy atom. The molecule has 1 N–H and O–H groups in total. The highest BCUT2D eigenvalue weighted by Gasteiger charge is 2.08. The van der Waals surface area contributed by atoms with Crippen molar-refractivity contribution in [1.29, 1.82) is 0 Å². The smallest absolute Gasteiger partial charge is 0.0722 e. The zero-order chi connectivity index (χ0) is 14.0. The summed E-state index contributed by atoms with van der Waals surface area (Å²) < 4.78 is 0.849. The fraction of sp³-hybridized carbons (Fsp3) is 0.143. The summed E-state index contributed by atoms with van der Waals surface area (Å²) in [6.45, 7) is 2.58. The van der Waals surface area contributed by atoms with E-state index in [0.717, 1.165) is 20.6 Å². The number of benzene rings is 2. The van der Waals surface area contributed by atoms with E-state index >= 15 is 0 Å². The lowest BCUT2D eigenvalue weighted by Crippen LogP contribution is -2.01. The van der Waals surface area contributed by atoms with Gasteiger partial charge in [-0.15, -0.1) is 0 Å². The molecule has 0 fully saturated rings. The van der Waals surface area contributed by atoms with Crippen LogP contribution >= 0.6 is 50.7 Å². The van der Waals surface area contributed by atoms with E-state index in [1.54, 1.807) is 12.1 Å². The Bertz CT molecular complexity index is 591. The predicted molar refractivity (Wildman–Crippen MR) is 87.7 cm³/mol. The van der Waals surface area contributed by atoms with Crippen LogP contribution in [0, 0.1) is 6.92 Å². The number of aryl methyl sites for hydroxylation is 1. The van der Waals surface area contributed by atoms with Crippen LogP contribution in [0.4, 0.5) is 5.69 Å². The first kappa shape index (κ1) is 15.0. The maximum atomic E-state index is 6.19. The van der Waals surface area contributed by atoms with Crippen molar-refractivity contribution in [3.05, 3.63) is 61.0 Å². The molecule has 19 heavy (non-hydrogen) atoms. The molecular formula is C14H11BrCl3N. The Balaban J connectivity index is 2.19. The standard InChI is InChI=1S/C14H11BrCl3N/c1-8-2-3-9(11(16)4-8)7-19-14-12(17)5-10(15)6-13(14)18/h2-6,19H,7H2,1H3. The van der Waals surface area contributed by atoms with Crippen LogP contribution in [0.2, 0.25) is 15.1 Å². The molecule has 1 nitrogen and oxygen atoms in total. The van der Waals surface area contributed by atoms with Crippen molar-refractivity contribution in [1.82, 2.24) is 0 Å². The minimum absolute atomic E-state index is 0.570. The van der Waals surface area contributed by atoms with Crippen molar-refractivity contribution in [3.8, 4) is 0 Å². The Morgan fingerprint density at radius 1 is 1.00 bits per heavy atom. The van der Waals surface area contributed by atoms with Crippen LogP contribution in [0.15, 0.2) is 34.8 Å². The van der Waals surface area contributed by atoms with Gasteiger partial charge in [-0.1, -0.05) is 62.9 Å². The number of halogens is 4. The maximum absolute atomic E-state index is 6.19. The van der Waals surface area contributed by atoms with E-state index in [-0.39, 0.29) is 0 Å². The summed E-state index contributed by atoms with van der Waals surface area (Å²) in [5.41, 5.74) is 2.85. The molecule has 2 aromatic carbocycles. The van der Waals surface area contributed by atoms with Gasteiger partial charge in [0.1, 0.15) is 0 Å². The van der Waals surface area contributed by atoms with Crippen molar-refractivity contribution in [2.45, 2.75) is 13.5 Å². The Hall–Kier alpha value is -0.410. The summed E-state index contributed by atoms with van der Waals surface area (Å²) in [6.07, 6.45) is 0. The van der Waals surface area contributed by atoms with Crippen molar-refractivity contribution >= 4 is 56.4 Å². The van der Waals surface area contributed by atoms with Crippen molar-refractivity contribution in [3.63, 3.8) is 0 Å². The highest BCUT2D eigenvalue weighted by molar-refractivity contribution is 9.10. The fourth-order valence-electron chi connectivity index (χ4n) is 1.69. The molecule has 0 bridgehead atoms. The molecule has 2 rings (SSSR count). The molecule has 5 heteroatoms. The third-order valence-corrected chi connectivity index (χ3v) is 4.08. The lowest BCUT2D eigenvalue weighted by atomic mass is 10.1. The minimum atomic E-state index is 0.570. The zero-order valence-corrected chi connectivity index (χ0v) is 14.0. The topological polar surface area (TPSA) is 12.0 Å². The van der Waals surface area contributed by atoms with Crippen LogP contribution in [0.1, 0.15) is 11.1 Å². The second kappa shape index (κ2) is 6.36. The average molecular weight is 380 g/mol. The summed E-state index contributed by atoms with van der Waals surface area (Å²) in [5, 5.41) is 5.09. The molecule has 0 atom stereocenters. The molecule has 0 saturated heterocycles. The van der Waals surface area contributed by atoms with E-state index in [2.05, 4.69) is 21.2 Å². The summed E-state index contributed by atoms with van der Waals surface area (Å²) in [7, 11) is 0. The van der Waals surface area contributed by atoms with Crippen LogP contribution in [0.25, 0.3) is 0 Å². The summed E-state index contributed by atoms with van der Waals surface area (Å²) >= 11 is 21.8. The molecule has 0 unspecified atom stereocenters. The average Bonchev–Trinajstić information content (AvgIpc) is 2.30. The highest BCUT2D eigenvalue weighted by atomic mass is 79.9. The van der Waals surface area contributed by atoms with Crippen LogP contribution in [0.5, 0.6) is 0 Å². The molecule has 0 heterocycles. The summed E-state index contributed by atoms with van der Waals surface area (Å²) in [4.78, 5) is 0. The summed E-state index contributed by atoms with van der Waals surface area (Å²) in [6, 6.07) is 9.54. The first-order valence-electron chi connectivity index (χ1n) is 5.61. The van der Waals surface area contributed by atoms with Gasteiger partial charge < -0.3 is 5.32 Å². The third kappa shape index (κ3) is 3.79. The van der Waals surface area contributed by atoms with E-state index in [1.165, 1.54) is 0 Å². The first-order chi connectivity index (χ1) is 8.97. The summed E-state index contributed by atoms with van der Waals surface area (Å²) in [5.74, 6) is 0. The second-order valence-corrected chi connectivity index (χ2v) is 6.33. The molecule has 0 aliphatic carbocycles. The molecular weight excluding hydrogens is 368 g/mol. The van der Waals surface area contributed by atoms with E-state index in [4.69, 9.17) is 34.8 Å². The third-order valence-electron chi connectivity index (χ3n) is 2.67. The maximum Gasteiger partial charge on any atom is 0.0722 e. The van der Waals surface area contributed by atoms with Gasteiger partial charge in [0.05, 0.1) is 15.7 Å². The van der Waals surface area contributed by atoms with Gasteiger partial charge in [0.2, 0.25) is 0 Å². The van der Waals surface area contributed by atoms with Gasteiger partial charge in [-0.3, -0.25) is 0 Å². The molecule has 0 radical (unpaired) electrons. The number of rotatable bonds is 3. The molecule has 0 spiro atoms. The van der Waals surface area contributed by atoms with Crippen molar-refractivity contribution in [2.75, 3.05) is 5.32 Å². The quantitative estimate of drug-likeness (QED) is 0.657. The fourth-order valence-corrected chi connectivity index (χ4v) is 3.33. The van der Waals surface area contributed by atoms with Gasteiger partial charge in [-0.05, 0) is 36.2 Å². The van der Waals surface area contributed by atoms with Gasteiger partial charge in [0.15, 0.2) is 0 Å². The second-order valence-electron chi connectivity index (χ2n) is 4.19. The predicted octanol–water partition coefficient (Wildman–Crippen LogP) is 6.33. The van der Waals surface area contributed by atoms with Crippen molar-refractivity contribution in [2.24, 2.45) is 0 Å². The Morgan fingerprint density at radius 2 is 1.63 bits per heavy atom. The Kier molecular flexibility index (Phi) is 5.02. The van der Waals surface area contributed by atoms with Crippen molar-refractivity contribution < 1.29 is 0 Å². The molecule has 0 aliphatic heterocycles. The van der Waals surface area contributed by atoms with Crippen LogP contribution in [0.3, 0.4) is 0 Å². The van der Waals surface area contributed by atoms with Gasteiger partial charge in [-0.25, -0.2) is 0 Å². The van der Waals surface area contributed by atoms with Gasteiger partial charge in [0.25, 0.3) is 0 Å².